The van der Waals surface area contributed by atoms with E-state index in [2.05, 4.69) is 59.4 Å². The van der Waals surface area contributed by atoms with Crippen LogP contribution in [0, 0.1) is 29.1 Å². The summed E-state index contributed by atoms with van der Waals surface area (Å²) in [5.41, 5.74) is 5.15. The molecule has 9 atom stereocenters. The number of fused-ring (bicyclic) bond motifs is 2. The molecule has 2 amide bonds. The number of hydrogen-bond donors (Lipinski definition) is 4. The average Bonchev–Trinajstić information content (AvgIpc) is 3.54. The number of ether oxygens (including phenoxy) is 2. The lowest BCUT2D eigenvalue weighted by Gasteiger charge is -2.62. The average molecular weight is 798 g/mol. The van der Waals surface area contributed by atoms with E-state index in [0.29, 0.717) is 68.3 Å². The summed E-state index contributed by atoms with van der Waals surface area (Å²) in [5.74, 6) is 0.686. The van der Waals surface area contributed by atoms with Crippen LogP contribution in [0.4, 0.5) is 5.69 Å². The summed E-state index contributed by atoms with van der Waals surface area (Å²) < 4.78 is 11.8. The van der Waals surface area contributed by atoms with Crippen LogP contribution in [0.15, 0.2) is 66.7 Å². The molecule has 2 aliphatic heterocycles. The lowest BCUT2D eigenvalue weighted by molar-refractivity contribution is -0.231. The van der Waals surface area contributed by atoms with Crippen molar-refractivity contribution in [2.45, 2.75) is 84.0 Å². The van der Waals surface area contributed by atoms with Crippen molar-refractivity contribution in [2.24, 2.45) is 29.1 Å². The summed E-state index contributed by atoms with van der Waals surface area (Å²) in [7, 11) is 5.62. The number of carbonyl (C=O) groups is 2. The molecule has 5 fully saturated rings. The molecule has 0 spiro atoms. The number of aliphatic hydroxyl groups is 2. The molecular formula is C46H63N5O7. The lowest BCUT2D eigenvalue weighted by Crippen LogP contribution is -2.62. The van der Waals surface area contributed by atoms with Gasteiger partial charge >= 0.3 is 0 Å². The molecular weight excluding hydrogens is 735 g/mol. The summed E-state index contributed by atoms with van der Waals surface area (Å²) in [6, 6.07) is 20.9. The third-order valence-corrected chi connectivity index (χ3v) is 13.5. The molecule has 8 rings (SSSR count). The quantitative estimate of drug-likeness (QED) is 0.182. The molecule has 3 saturated carbocycles. The molecule has 2 saturated heterocycles. The lowest BCUT2D eigenvalue weighted by atomic mass is 9.45. The second-order valence-electron chi connectivity index (χ2n) is 17.9. The highest BCUT2D eigenvalue weighted by Gasteiger charge is 2.57. The zero-order chi connectivity index (χ0) is 41.3. The van der Waals surface area contributed by atoms with E-state index < -0.39 is 24.4 Å². The largest absolute Gasteiger partial charge is 0.496 e. The van der Waals surface area contributed by atoms with E-state index in [1.54, 1.807) is 14.0 Å². The molecule has 2 bridgehead atoms. The SMILES string of the molecule is COc1c(CN2OC(O)[C@@H]([C@H](C)O)[C@H]2C(=O)N[C@H]2C[C@H]3C[C@@H]([C@@H]2C)C3(C)C)cccc1-c1cc(C(=O)N[C@@H](Cc2ccccc2)CN(C)C)cc(N2CCOCC2)c1. The monoisotopic (exact) mass is 797 g/mol. The van der Waals surface area contributed by atoms with E-state index in [-0.39, 0.29) is 35.9 Å². The maximum Gasteiger partial charge on any atom is 0.251 e. The van der Waals surface area contributed by atoms with Crippen molar-refractivity contribution in [3.05, 3.63) is 83.4 Å². The molecule has 5 aliphatic rings. The highest BCUT2D eigenvalue weighted by atomic mass is 16.8. The number of amides is 2. The maximum absolute atomic E-state index is 14.2. The fourth-order valence-corrected chi connectivity index (χ4v) is 10.2. The molecule has 0 aromatic heterocycles. The van der Waals surface area contributed by atoms with E-state index in [9.17, 15) is 19.8 Å². The predicted molar refractivity (Wildman–Crippen MR) is 224 cm³/mol. The first-order valence-corrected chi connectivity index (χ1v) is 21.0. The number of nitrogens with zero attached hydrogens (tertiary/aromatic N) is 3. The number of morpholine rings is 1. The molecule has 314 valence electrons. The maximum atomic E-state index is 14.2. The number of rotatable bonds is 14. The Labute approximate surface area is 343 Å². The van der Waals surface area contributed by atoms with Crippen molar-refractivity contribution in [2.75, 3.05) is 59.0 Å². The van der Waals surface area contributed by atoms with Gasteiger partial charge in [-0.05, 0) is 92.8 Å². The van der Waals surface area contributed by atoms with Gasteiger partial charge in [0.2, 0.25) is 5.91 Å². The predicted octanol–water partition coefficient (Wildman–Crippen LogP) is 4.72. The van der Waals surface area contributed by atoms with E-state index in [0.717, 1.165) is 34.4 Å². The Morgan fingerprint density at radius 2 is 1.78 bits per heavy atom. The van der Waals surface area contributed by atoms with E-state index >= 15 is 0 Å². The van der Waals surface area contributed by atoms with Gasteiger partial charge in [-0.25, -0.2) is 0 Å². The molecule has 3 aliphatic carbocycles. The van der Waals surface area contributed by atoms with Crippen molar-refractivity contribution in [1.82, 2.24) is 20.6 Å². The van der Waals surface area contributed by atoms with Gasteiger partial charge in [0, 0.05) is 54.1 Å². The van der Waals surface area contributed by atoms with Crippen LogP contribution < -0.4 is 20.3 Å². The molecule has 12 heteroatoms. The number of methoxy groups -OCH3 is 1. The molecule has 12 nitrogen and oxygen atoms in total. The van der Waals surface area contributed by atoms with Crippen molar-refractivity contribution in [3.8, 4) is 16.9 Å². The Kier molecular flexibility index (Phi) is 12.8. The number of nitrogens with one attached hydrogen (secondary N) is 2. The molecule has 3 aromatic rings. The van der Waals surface area contributed by atoms with Crippen LogP contribution in [0.3, 0.4) is 0 Å². The zero-order valence-electron chi connectivity index (χ0n) is 35.2. The number of aliphatic hydroxyl groups excluding tert-OH is 2. The van der Waals surface area contributed by atoms with Crippen LogP contribution in [0.5, 0.6) is 5.75 Å². The summed E-state index contributed by atoms with van der Waals surface area (Å²) in [6.45, 7) is 11.8. The van der Waals surface area contributed by atoms with Crippen molar-refractivity contribution >= 4 is 17.5 Å². The number of anilines is 1. The van der Waals surface area contributed by atoms with Crippen LogP contribution in [0.1, 0.15) is 62.0 Å². The highest BCUT2D eigenvalue weighted by molar-refractivity contribution is 5.97. The van der Waals surface area contributed by atoms with Crippen LogP contribution in [0.25, 0.3) is 11.1 Å². The van der Waals surface area contributed by atoms with Gasteiger partial charge in [-0.2, -0.15) is 5.06 Å². The molecule has 2 heterocycles. The second-order valence-corrected chi connectivity index (χ2v) is 17.9. The third-order valence-electron chi connectivity index (χ3n) is 13.5. The molecule has 1 unspecified atom stereocenters. The number of hydroxylamine groups is 2. The fourth-order valence-electron chi connectivity index (χ4n) is 10.2. The van der Waals surface area contributed by atoms with Gasteiger partial charge in [0.25, 0.3) is 5.91 Å². The number of para-hydroxylation sites is 1. The van der Waals surface area contributed by atoms with Crippen LogP contribution in [-0.2, 0) is 27.3 Å². The normalized spacial score (nSPS) is 27.8. The summed E-state index contributed by atoms with van der Waals surface area (Å²) in [6.07, 6.45) is 0.423. The van der Waals surface area contributed by atoms with E-state index in [1.165, 1.54) is 11.5 Å². The van der Waals surface area contributed by atoms with Crippen LogP contribution in [0.2, 0.25) is 0 Å². The standard InChI is InChI=1S/C46H63N5O7/c1-28-38-24-34(46(38,3)4)25-39(28)48-44(54)41-40(29(2)52)45(55)58-51(41)26-31-14-11-15-37(42(31)56-7)32-21-33(23-36(22-32)50-16-18-57-19-17-50)43(53)47-35(27-49(5)6)20-30-12-9-8-10-13-30/h8-15,21-23,28-29,34-35,38-41,45,52,55H,16-20,24-27H2,1-7H3,(H,47,53)(H,48,54)/t28-,29-,34+,35-,38-,39-,40-,41-,45?/m0/s1. The molecule has 4 N–H and O–H groups in total. The highest BCUT2D eigenvalue weighted by Crippen LogP contribution is 2.61. The van der Waals surface area contributed by atoms with Gasteiger partial charge in [-0.3, -0.25) is 14.4 Å². The van der Waals surface area contributed by atoms with E-state index in [1.807, 2.05) is 62.6 Å². The Morgan fingerprint density at radius 3 is 2.43 bits per heavy atom. The van der Waals surface area contributed by atoms with Crippen molar-refractivity contribution in [1.29, 1.82) is 0 Å². The number of hydrogen-bond acceptors (Lipinski definition) is 10. The zero-order valence-corrected chi connectivity index (χ0v) is 35.2. The minimum atomic E-state index is -1.37. The van der Waals surface area contributed by atoms with E-state index in [4.69, 9.17) is 14.3 Å². The minimum absolute atomic E-state index is 0.0121. The summed E-state index contributed by atoms with van der Waals surface area (Å²) in [5, 5.41) is 30.1. The number of benzene rings is 3. The second kappa shape index (κ2) is 17.7. The number of likely N-dealkylation sites (N-methyl/N-ethyl adjacent to an activating group) is 1. The van der Waals surface area contributed by atoms with Gasteiger partial charge in [0.05, 0.1) is 38.9 Å². The van der Waals surface area contributed by atoms with Crippen LogP contribution in [-0.4, -0.2) is 117 Å². The first kappa shape index (κ1) is 42.1. The third kappa shape index (κ3) is 8.78. The molecule has 58 heavy (non-hydrogen) atoms. The first-order valence-electron chi connectivity index (χ1n) is 21.0. The first-order chi connectivity index (χ1) is 27.7. The van der Waals surface area contributed by atoms with Gasteiger partial charge in [-0.1, -0.05) is 69.3 Å². The van der Waals surface area contributed by atoms with Gasteiger partial charge in [-0.15, -0.1) is 0 Å². The topological polar surface area (TPSA) is 136 Å². The van der Waals surface area contributed by atoms with Gasteiger partial charge in [0.15, 0.2) is 6.29 Å². The fraction of sp³-hybridized carbons (Fsp3) is 0.565. The Bertz CT molecular complexity index is 1900. The van der Waals surface area contributed by atoms with Gasteiger partial charge in [0.1, 0.15) is 11.8 Å². The van der Waals surface area contributed by atoms with Crippen molar-refractivity contribution < 1.29 is 34.1 Å². The summed E-state index contributed by atoms with van der Waals surface area (Å²) in [4.78, 5) is 38.8. The van der Waals surface area contributed by atoms with Gasteiger partial charge < -0.3 is 40.1 Å². The molecule has 3 aromatic carbocycles. The smallest absolute Gasteiger partial charge is 0.251 e. The minimum Gasteiger partial charge on any atom is -0.496 e. The molecule has 0 radical (unpaired) electrons. The Balaban J connectivity index is 1.18. The Morgan fingerprint density at radius 1 is 1.03 bits per heavy atom. The van der Waals surface area contributed by atoms with Crippen molar-refractivity contribution in [3.63, 3.8) is 0 Å². The number of carbonyl (C=O) groups excluding carboxylic acids is 2. The Hall–Kier alpha value is -4.04. The summed E-state index contributed by atoms with van der Waals surface area (Å²) >= 11 is 0. The van der Waals surface area contributed by atoms with Crippen LogP contribution >= 0.6 is 0 Å².